The van der Waals surface area contributed by atoms with Gasteiger partial charge in [-0.3, -0.25) is 10.2 Å². The second kappa shape index (κ2) is 4.62. The molecule has 1 aromatic heterocycles. The maximum atomic E-state index is 11.3. The molecular formula is C10H14N4O. The van der Waals surface area contributed by atoms with Gasteiger partial charge >= 0.3 is 0 Å². The summed E-state index contributed by atoms with van der Waals surface area (Å²) in [6.07, 6.45) is 1.78. The molecule has 0 saturated heterocycles. The molecule has 1 rings (SSSR count). The quantitative estimate of drug-likeness (QED) is 0.430. The summed E-state index contributed by atoms with van der Waals surface area (Å²) < 4.78 is 1.76. The monoisotopic (exact) mass is 206 g/mol. The molecule has 0 fully saturated rings. The van der Waals surface area contributed by atoms with Crippen LogP contribution in [0.5, 0.6) is 0 Å². The minimum absolute atomic E-state index is 0.0989. The van der Waals surface area contributed by atoms with Gasteiger partial charge < -0.3 is 4.57 Å². The van der Waals surface area contributed by atoms with Gasteiger partial charge in [0.15, 0.2) is 0 Å². The summed E-state index contributed by atoms with van der Waals surface area (Å²) in [6, 6.07) is 5.46. The summed E-state index contributed by atoms with van der Waals surface area (Å²) in [7, 11) is 0. The van der Waals surface area contributed by atoms with Gasteiger partial charge in [-0.15, -0.1) is 0 Å². The molecule has 0 radical (unpaired) electrons. The zero-order valence-electron chi connectivity index (χ0n) is 8.77. The number of nitrogens with one attached hydrogen (secondary N) is 1. The largest absolute Gasteiger partial charge is 0.336 e. The molecule has 15 heavy (non-hydrogen) atoms. The van der Waals surface area contributed by atoms with Crippen LogP contribution in [0.25, 0.3) is 0 Å². The number of nitrogens with two attached hydrogens (primary N) is 1. The Balaban J connectivity index is 2.90. The van der Waals surface area contributed by atoms with Crippen molar-refractivity contribution in [1.82, 2.24) is 9.99 Å². The lowest BCUT2D eigenvalue weighted by Crippen LogP contribution is -2.37. The molecule has 0 aliphatic carbocycles. The number of nitrogens with zero attached hydrogens (tertiary/aromatic N) is 2. The summed E-state index contributed by atoms with van der Waals surface area (Å²) in [5.74, 6) is 4.54. The molecule has 0 aliphatic heterocycles. The lowest BCUT2D eigenvalue weighted by Gasteiger charge is -2.20. The van der Waals surface area contributed by atoms with Crippen molar-refractivity contribution in [3.05, 3.63) is 24.0 Å². The van der Waals surface area contributed by atoms with E-state index in [0.29, 0.717) is 5.69 Å². The average molecular weight is 206 g/mol. The van der Waals surface area contributed by atoms with Crippen molar-refractivity contribution in [2.45, 2.75) is 19.9 Å². The van der Waals surface area contributed by atoms with Gasteiger partial charge in [0.1, 0.15) is 11.8 Å². The van der Waals surface area contributed by atoms with Crippen molar-refractivity contribution in [3.63, 3.8) is 0 Å². The van der Waals surface area contributed by atoms with Crippen LogP contribution < -0.4 is 11.3 Å². The van der Waals surface area contributed by atoms with E-state index in [1.165, 1.54) is 0 Å². The van der Waals surface area contributed by atoms with Crippen LogP contribution in [0, 0.1) is 17.2 Å². The number of amides is 1. The van der Waals surface area contributed by atoms with E-state index < -0.39 is 0 Å². The highest BCUT2D eigenvalue weighted by Gasteiger charge is 2.21. The Morgan fingerprint density at radius 2 is 2.33 bits per heavy atom. The molecular weight excluding hydrogens is 192 g/mol. The second-order valence-electron chi connectivity index (χ2n) is 3.45. The number of hydrogen-bond acceptors (Lipinski definition) is 3. The van der Waals surface area contributed by atoms with E-state index in [0.717, 1.165) is 0 Å². The van der Waals surface area contributed by atoms with E-state index in [1.807, 2.05) is 6.92 Å². The summed E-state index contributed by atoms with van der Waals surface area (Å²) in [6.45, 7) is 3.65. The van der Waals surface area contributed by atoms with Crippen molar-refractivity contribution in [3.8, 4) is 6.07 Å². The third-order valence-corrected chi connectivity index (χ3v) is 2.61. The fourth-order valence-corrected chi connectivity index (χ4v) is 1.43. The summed E-state index contributed by atoms with van der Waals surface area (Å²) in [4.78, 5) is 11.3. The van der Waals surface area contributed by atoms with Crippen LogP contribution in [-0.2, 0) is 4.79 Å². The minimum atomic E-state index is -0.283. The Bertz CT molecular complexity index is 390. The number of carbonyl (C=O) groups excluding carboxylic acids is 1. The maximum Gasteiger partial charge on any atom is 0.238 e. The SMILES string of the molecule is CC(C(=O)NN)C(C)n1cccc1C#N. The molecule has 0 aliphatic rings. The molecule has 3 N–H and O–H groups in total. The van der Waals surface area contributed by atoms with Crippen LogP contribution in [0.1, 0.15) is 25.6 Å². The topological polar surface area (TPSA) is 83.8 Å². The van der Waals surface area contributed by atoms with Crippen LogP contribution in [0.4, 0.5) is 0 Å². The minimum Gasteiger partial charge on any atom is -0.336 e. The van der Waals surface area contributed by atoms with Gasteiger partial charge in [-0.1, -0.05) is 6.92 Å². The average Bonchev–Trinajstić information content (AvgIpc) is 2.73. The zero-order valence-corrected chi connectivity index (χ0v) is 8.77. The van der Waals surface area contributed by atoms with Gasteiger partial charge in [0, 0.05) is 12.2 Å². The molecule has 0 bridgehead atoms. The van der Waals surface area contributed by atoms with Crippen LogP contribution >= 0.6 is 0 Å². The van der Waals surface area contributed by atoms with Crippen LogP contribution in [-0.4, -0.2) is 10.5 Å². The third kappa shape index (κ3) is 2.17. The zero-order chi connectivity index (χ0) is 11.4. The first-order valence-corrected chi connectivity index (χ1v) is 4.69. The number of carbonyl (C=O) groups is 1. The molecule has 2 atom stereocenters. The van der Waals surface area contributed by atoms with E-state index in [-0.39, 0.29) is 17.9 Å². The highest BCUT2D eigenvalue weighted by Crippen LogP contribution is 2.19. The molecule has 5 heteroatoms. The highest BCUT2D eigenvalue weighted by atomic mass is 16.2. The van der Waals surface area contributed by atoms with Gasteiger partial charge in [0.2, 0.25) is 5.91 Å². The fraction of sp³-hybridized carbons (Fsp3) is 0.400. The molecule has 0 saturated carbocycles. The molecule has 5 nitrogen and oxygen atoms in total. The standard InChI is InChI=1S/C10H14N4O/c1-7(10(15)13-12)8(2)14-5-3-4-9(14)6-11/h3-5,7-8H,12H2,1-2H3,(H,13,15). The van der Waals surface area contributed by atoms with Crippen LogP contribution in [0.3, 0.4) is 0 Å². The number of aromatic nitrogens is 1. The van der Waals surface area contributed by atoms with Crippen molar-refractivity contribution >= 4 is 5.91 Å². The molecule has 2 unspecified atom stereocenters. The Kier molecular flexibility index (Phi) is 3.47. The normalized spacial score (nSPS) is 14.0. The van der Waals surface area contributed by atoms with Crippen molar-refractivity contribution < 1.29 is 4.79 Å². The van der Waals surface area contributed by atoms with Gasteiger partial charge in [0.05, 0.1) is 5.92 Å². The van der Waals surface area contributed by atoms with Gasteiger partial charge in [-0.25, -0.2) is 5.84 Å². The number of hydrogen-bond donors (Lipinski definition) is 2. The summed E-state index contributed by atoms with van der Waals surface area (Å²) >= 11 is 0. The lowest BCUT2D eigenvalue weighted by atomic mass is 10.0. The molecule has 1 amide bonds. The van der Waals surface area contributed by atoms with E-state index in [1.54, 1.807) is 29.8 Å². The Morgan fingerprint density at radius 3 is 2.87 bits per heavy atom. The number of rotatable bonds is 3. The van der Waals surface area contributed by atoms with Gasteiger partial charge in [-0.2, -0.15) is 5.26 Å². The molecule has 80 valence electrons. The fourth-order valence-electron chi connectivity index (χ4n) is 1.43. The van der Waals surface area contributed by atoms with Gasteiger partial charge in [-0.05, 0) is 19.1 Å². The predicted molar refractivity (Wildman–Crippen MR) is 55.4 cm³/mol. The Hall–Kier alpha value is -1.80. The van der Waals surface area contributed by atoms with Gasteiger partial charge in [0.25, 0.3) is 0 Å². The molecule has 1 aromatic rings. The summed E-state index contributed by atoms with van der Waals surface area (Å²) in [5, 5.41) is 8.84. The maximum absolute atomic E-state index is 11.3. The van der Waals surface area contributed by atoms with E-state index in [2.05, 4.69) is 11.5 Å². The highest BCUT2D eigenvalue weighted by molar-refractivity contribution is 5.78. The van der Waals surface area contributed by atoms with E-state index >= 15 is 0 Å². The predicted octanol–water partition coefficient (Wildman–Crippen LogP) is 0.547. The van der Waals surface area contributed by atoms with Crippen molar-refractivity contribution in [2.75, 3.05) is 0 Å². The molecule has 1 heterocycles. The van der Waals surface area contributed by atoms with E-state index in [4.69, 9.17) is 11.1 Å². The molecule has 0 aromatic carbocycles. The Morgan fingerprint density at radius 1 is 1.67 bits per heavy atom. The first kappa shape index (κ1) is 11.3. The van der Waals surface area contributed by atoms with Crippen molar-refractivity contribution in [1.29, 1.82) is 5.26 Å². The van der Waals surface area contributed by atoms with E-state index in [9.17, 15) is 4.79 Å². The first-order valence-electron chi connectivity index (χ1n) is 4.69. The van der Waals surface area contributed by atoms with Crippen LogP contribution in [0.2, 0.25) is 0 Å². The lowest BCUT2D eigenvalue weighted by molar-refractivity contribution is -0.125. The molecule has 0 spiro atoms. The smallest absolute Gasteiger partial charge is 0.238 e. The number of nitriles is 1. The Labute approximate surface area is 88.5 Å². The third-order valence-electron chi connectivity index (χ3n) is 2.61. The second-order valence-corrected chi connectivity index (χ2v) is 3.45. The number of hydrazine groups is 1. The van der Waals surface area contributed by atoms with Crippen molar-refractivity contribution in [2.24, 2.45) is 11.8 Å². The van der Waals surface area contributed by atoms with Crippen LogP contribution in [0.15, 0.2) is 18.3 Å². The first-order chi connectivity index (χ1) is 7.11. The summed E-state index contributed by atoms with van der Waals surface area (Å²) in [5.41, 5.74) is 2.65.